The number of H-pyrrole nitrogens is 1. The van der Waals surface area contributed by atoms with Gasteiger partial charge >= 0.3 is 0 Å². The quantitative estimate of drug-likeness (QED) is 0.396. The Labute approximate surface area is 179 Å². The number of benzene rings is 2. The average molecular weight is 418 g/mol. The molecule has 1 saturated heterocycles. The van der Waals surface area contributed by atoms with E-state index in [-0.39, 0.29) is 5.69 Å². The number of hydrogen-bond donors (Lipinski definition) is 3. The fraction of sp³-hybridized carbons (Fsp3) is 0.240. The molecule has 158 valence electrons. The van der Waals surface area contributed by atoms with Crippen molar-refractivity contribution in [3.8, 4) is 11.1 Å². The van der Waals surface area contributed by atoms with Crippen LogP contribution in [0.2, 0.25) is 0 Å². The van der Waals surface area contributed by atoms with E-state index in [2.05, 4.69) is 26.7 Å². The van der Waals surface area contributed by atoms with Crippen molar-refractivity contribution in [3.05, 3.63) is 83.7 Å². The zero-order valence-electron chi connectivity index (χ0n) is 17.1. The first kappa shape index (κ1) is 19.7. The lowest BCUT2D eigenvalue weighted by atomic mass is 9.94. The van der Waals surface area contributed by atoms with E-state index in [1.54, 1.807) is 18.3 Å². The number of piperidine rings is 1. The molecule has 0 radical (unpaired) electrons. The van der Waals surface area contributed by atoms with Crippen LogP contribution in [0.15, 0.2) is 60.8 Å². The molecule has 0 atom stereocenters. The minimum atomic E-state index is -0.605. The van der Waals surface area contributed by atoms with E-state index >= 15 is 0 Å². The van der Waals surface area contributed by atoms with Crippen molar-refractivity contribution < 1.29 is 8.78 Å². The minimum Gasteiger partial charge on any atom is -0.379 e. The molecule has 5 rings (SSSR count). The third kappa shape index (κ3) is 4.03. The molecule has 0 bridgehead atoms. The number of hydrogen-bond acceptors (Lipinski definition) is 3. The molecule has 31 heavy (non-hydrogen) atoms. The summed E-state index contributed by atoms with van der Waals surface area (Å²) in [5.74, 6) is -0.753. The molecule has 0 aliphatic carbocycles. The van der Waals surface area contributed by atoms with Crippen molar-refractivity contribution in [2.75, 3.05) is 18.4 Å². The number of fused-ring (bicyclic) bond motifs is 1. The Morgan fingerprint density at radius 1 is 0.935 bits per heavy atom. The molecule has 1 aliphatic heterocycles. The Hall–Kier alpha value is -3.25. The summed E-state index contributed by atoms with van der Waals surface area (Å²) < 4.78 is 29.3. The van der Waals surface area contributed by atoms with Crippen molar-refractivity contribution in [3.63, 3.8) is 0 Å². The summed E-state index contributed by atoms with van der Waals surface area (Å²) in [4.78, 5) is 7.86. The number of anilines is 1. The first-order valence-electron chi connectivity index (χ1n) is 10.6. The maximum absolute atomic E-state index is 14.9. The van der Waals surface area contributed by atoms with Crippen LogP contribution >= 0.6 is 0 Å². The fourth-order valence-corrected chi connectivity index (χ4v) is 4.32. The van der Waals surface area contributed by atoms with Gasteiger partial charge in [0.15, 0.2) is 0 Å². The highest BCUT2D eigenvalue weighted by atomic mass is 19.1. The number of nitrogens with one attached hydrogen (secondary N) is 3. The van der Waals surface area contributed by atoms with Gasteiger partial charge in [-0.05, 0) is 55.3 Å². The second-order valence-electron chi connectivity index (χ2n) is 8.02. The smallest absolute Gasteiger partial charge is 0.149 e. The second-order valence-corrected chi connectivity index (χ2v) is 8.02. The monoisotopic (exact) mass is 418 g/mol. The maximum atomic E-state index is 14.9. The van der Waals surface area contributed by atoms with Crippen molar-refractivity contribution in [2.45, 2.75) is 25.3 Å². The van der Waals surface area contributed by atoms with Gasteiger partial charge in [0, 0.05) is 41.4 Å². The van der Waals surface area contributed by atoms with Gasteiger partial charge in [-0.2, -0.15) is 0 Å². The largest absolute Gasteiger partial charge is 0.379 e. The Balaban J connectivity index is 1.51. The average Bonchev–Trinajstić information content (AvgIpc) is 3.25. The van der Waals surface area contributed by atoms with Gasteiger partial charge in [-0.25, -0.2) is 13.8 Å². The molecule has 0 unspecified atom stereocenters. The Bertz CT molecular complexity index is 1200. The van der Waals surface area contributed by atoms with E-state index in [0.717, 1.165) is 54.3 Å². The van der Waals surface area contributed by atoms with Gasteiger partial charge in [-0.15, -0.1) is 0 Å². The van der Waals surface area contributed by atoms with Gasteiger partial charge in [0.25, 0.3) is 0 Å². The molecule has 3 N–H and O–H groups in total. The van der Waals surface area contributed by atoms with Crippen LogP contribution in [0, 0.1) is 11.6 Å². The van der Waals surface area contributed by atoms with Crippen LogP contribution in [0.25, 0.3) is 22.2 Å². The summed E-state index contributed by atoms with van der Waals surface area (Å²) >= 11 is 0. The lowest BCUT2D eigenvalue weighted by Crippen LogP contribution is -2.26. The minimum absolute atomic E-state index is 0.277. The van der Waals surface area contributed by atoms with Gasteiger partial charge in [-0.3, -0.25) is 0 Å². The summed E-state index contributed by atoms with van der Waals surface area (Å²) in [6.07, 6.45) is 3.78. The van der Waals surface area contributed by atoms with Crippen molar-refractivity contribution in [1.29, 1.82) is 0 Å². The van der Waals surface area contributed by atoms with E-state index < -0.39 is 11.6 Å². The van der Waals surface area contributed by atoms with Gasteiger partial charge in [-0.1, -0.05) is 30.3 Å². The number of pyridine rings is 1. The van der Waals surface area contributed by atoms with E-state index in [9.17, 15) is 8.78 Å². The second kappa shape index (κ2) is 8.47. The highest BCUT2D eigenvalue weighted by Gasteiger charge is 2.20. The predicted molar refractivity (Wildman–Crippen MR) is 120 cm³/mol. The molecule has 4 nitrogen and oxygen atoms in total. The molecule has 4 aromatic rings. The first-order chi connectivity index (χ1) is 15.2. The van der Waals surface area contributed by atoms with E-state index in [4.69, 9.17) is 0 Å². The Kier molecular flexibility index (Phi) is 5.38. The molecular formula is C25H24F2N4. The van der Waals surface area contributed by atoms with Crippen LogP contribution in [0.5, 0.6) is 0 Å². The number of aromatic nitrogens is 2. The van der Waals surface area contributed by atoms with Crippen molar-refractivity contribution >= 4 is 16.7 Å². The summed E-state index contributed by atoms with van der Waals surface area (Å²) in [5, 5.41) is 7.33. The zero-order chi connectivity index (χ0) is 21.2. The summed E-state index contributed by atoms with van der Waals surface area (Å²) in [6, 6.07) is 16.1. The third-order valence-electron chi connectivity index (χ3n) is 6.00. The number of halogens is 2. The summed E-state index contributed by atoms with van der Waals surface area (Å²) in [7, 11) is 0. The van der Waals surface area contributed by atoms with E-state index in [0.29, 0.717) is 23.6 Å². The number of nitrogens with zero attached hydrogens (tertiary/aromatic N) is 1. The molecule has 0 amide bonds. The third-order valence-corrected chi connectivity index (χ3v) is 6.00. The van der Waals surface area contributed by atoms with Crippen LogP contribution in [-0.2, 0) is 6.54 Å². The molecule has 0 spiro atoms. The SMILES string of the molecule is Fc1cc(F)c(-c2ccnc3[nH]c(C4CCNCC4)cc23)cc1NCc1ccccc1. The van der Waals surface area contributed by atoms with Gasteiger partial charge in [0.1, 0.15) is 17.3 Å². The van der Waals surface area contributed by atoms with Crippen molar-refractivity contribution in [1.82, 2.24) is 15.3 Å². The molecule has 0 saturated carbocycles. The van der Waals surface area contributed by atoms with E-state index in [1.807, 2.05) is 30.3 Å². The topological polar surface area (TPSA) is 52.7 Å². The summed E-state index contributed by atoms with van der Waals surface area (Å²) in [5.41, 5.74) is 4.23. The molecule has 6 heteroatoms. The van der Waals surface area contributed by atoms with E-state index in [1.165, 1.54) is 0 Å². The first-order valence-corrected chi connectivity index (χ1v) is 10.6. The van der Waals surface area contributed by atoms with Crippen molar-refractivity contribution in [2.24, 2.45) is 0 Å². The van der Waals surface area contributed by atoms with Crippen LogP contribution in [-0.4, -0.2) is 23.1 Å². The molecule has 3 heterocycles. The van der Waals surface area contributed by atoms with Crippen LogP contribution in [0.1, 0.15) is 30.0 Å². The molecule has 1 fully saturated rings. The summed E-state index contributed by atoms with van der Waals surface area (Å²) in [6.45, 7) is 2.44. The highest BCUT2D eigenvalue weighted by Crippen LogP contribution is 2.35. The zero-order valence-corrected chi connectivity index (χ0v) is 17.1. The van der Waals surface area contributed by atoms with Gasteiger partial charge in [0.05, 0.1) is 5.69 Å². The fourth-order valence-electron chi connectivity index (χ4n) is 4.32. The molecular weight excluding hydrogens is 394 g/mol. The lowest BCUT2D eigenvalue weighted by molar-refractivity contribution is 0.455. The van der Waals surface area contributed by atoms with Crippen LogP contribution in [0.3, 0.4) is 0 Å². The lowest BCUT2D eigenvalue weighted by Gasteiger charge is -2.21. The standard InChI is InChI=1S/C25H24F2N4/c26-21-14-22(27)24(30-15-16-4-2-1-3-5-16)12-19(21)18-8-11-29-25-20(18)13-23(31-25)17-6-9-28-10-7-17/h1-5,8,11-14,17,28,30H,6-7,9-10,15H2,(H,29,31). The van der Waals surface area contributed by atoms with Crippen LogP contribution in [0.4, 0.5) is 14.5 Å². The van der Waals surface area contributed by atoms with Gasteiger partial charge in [0.2, 0.25) is 0 Å². The number of aromatic amines is 1. The molecule has 2 aromatic heterocycles. The Morgan fingerprint density at radius 2 is 1.74 bits per heavy atom. The Morgan fingerprint density at radius 3 is 2.55 bits per heavy atom. The predicted octanol–water partition coefficient (Wildman–Crippen LogP) is 5.59. The van der Waals surface area contributed by atoms with Gasteiger partial charge < -0.3 is 15.6 Å². The highest BCUT2D eigenvalue weighted by molar-refractivity contribution is 5.94. The molecule has 2 aromatic carbocycles. The number of rotatable bonds is 5. The maximum Gasteiger partial charge on any atom is 0.149 e. The normalized spacial score (nSPS) is 14.8. The van der Waals surface area contributed by atoms with Crippen LogP contribution < -0.4 is 10.6 Å². The molecule has 1 aliphatic rings.